The minimum absolute atomic E-state index is 0.0394. The lowest BCUT2D eigenvalue weighted by molar-refractivity contribution is 0.104. The van der Waals surface area contributed by atoms with Gasteiger partial charge in [-0.25, -0.2) is 0 Å². The van der Waals surface area contributed by atoms with Gasteiger partial charge in [0.15, 0.2) is 5.78 Å². The summed E-state index contributed by atoms with van der Waals surface area (Å²) in [5.74, 6) is 0.835. The van der Waals surface area contributed by atoms with Crippen LogP contribution in [0.4, 0.5) is 0 Å². The van der Waals surface area contributed by atoms with Gasteiger partial charge in [0.1, 0.15) is 5.75 Å². The Morgan fingerprint density at radius 1 is 0.952 bits per heavy atom. The van der Waals surface area contributed by atoms with Crippen LogP contribution in [0.2, 0.25) is 0 Å². The molecule has 0 bridgehead atoms. The molecule has 3 aromatic rings. The van der Waals surface area contributed by atoms with E-state index in [-0.39, 0.29) is 5.78 Å². The molecule has 0 spiro atoms. The van der Waals surface area contributed by atoms with E-state index in [4.69, 9.17) is 4.74 Å². The maximum absolute atomic E-state index is 12.8. The van der Waals surface area contributed by atoms with Gasteiger partial charge < -0.3 is 4.74 Å². The van der Waals surface area contributed by atoms with E-state index in [1.54, 1.807) is 7.11 Å². The van der Waals surface area contributed by atoms with Crippen LogP contribution in [0.1, 0.15) is 21.5 Å². The highest BCUT2D eigenvalue weighted by molar-refractivity contribution is 6.16. The molecule has 0 aliphatic rings. The number of carbonyl (C=O) groups excluding carboxylic acids is 1. The minimum Gasteiger partial charge on any atom is -0.496 e. The van der Waals surface area contributed by atoms with E-state index in [0.29, 0.717) is 5.56 Å². The molecule has 104 valence electrons. The van der Waals surface area contributed by atoms with Gasteiger partial charge in [-0.3, -0.25) is 4.79 Å². The third-order valence-corrected chi connectivity index (χ3v) is 3.69. The van der Waals surface area contributed by atoms with Crippen molar-refractivity contribution in [3.05, 3.63) is 77.4 Å². The summed E-state index contributed by atoms with van der Waals surface area (Å²) >= 11 is 0. The van der Waals surface area contributed by atoms with Gasteiger partial charge in [-0.1, -0.05) is 42.5 Å². The Morgan fingerprint density at radius 3 is 2.48 bits per heavy atom. The Balaban J connectivity index is 2.10. The molecule has 0 atom stereocenters. The smallest absolute Gasteiger partial charge is 0.193 e. The standard InChI is InChI=1S/C19H16O2/c1-13-12-15(10-11-18(13)21-2)19(20)17-9-5-7-14-6-3-4-8-16(14)17/h3-12H,1-2H3. The Morgan fingerprint density at radius 2 is 1.71 bits per heavy atom. The van der Waals surface area contributed by atoms with Crippen molar-refractivity contribution in [2.24, 2.45) is 0 Å². The van der Waals surface area contributed by atoms with Crippen LogP contribution in [0, 0.1) is 6.92 Å². The van der Waals surface area contributed by atoms with Crippen molar-refractivity contribution < 1.29 is 9.53 Å². The summed E-state index contributed by atoms with van der Waals surface area (Å²) in [5, 5.41) is 2.06. The molecule has 0 saturated carbocycles. The van der Waals surface area contributed by atoms with Crippen LogP contribution >= 0.6 is 0 Å². The minimum atomic E-state index is 0.0394. The van der Waals surface area contributed by atoms with Gasteiger partial charge in [-0.2, -0.15) is 0 Å². The van der Waals surface area contributed by atoms with E-state index in [9.17, 15) is 4.79 Å². The van der Waals surface area contributed by atoms with Crippen LogP contribution in [0.3, 0.4) is 0 Å². The number of rotatable bonds is 3. The molecule has 0 aliphatic carbocycles. The molecule has 0 N–H and O–H groups in total. The molecule has 0 unspecified atom stereocenters. The Labute approximate surface area is 124 Å². The Hall–Kier alpha value is -2.61. The van der Waals surface area contributed by atoms with Crippen LogP contribution in [0.5, 0.6) is 5.75 Å². The van der Waals surface area contributed by atoms with Gasteiger partial charge in [-0.15, -0.1) is 0 Å². The SMILES string of the molecule is COc1ccc(C(=O)c2cccc3ccccc23)cc1C. The summed E-state index contributed by atoms with van der Waals surface area (Å²) in [6.07, 6.45) is 0. The fraction of sp³-hybridized carbons (Fsp3) is 0.105. The predicted octanol–water partition coefficient (Wildman–Crippen LogP) is 4.39. The molecule has 0 aliphatic heterocycles. The van der Waals surface area contributed by atoms with Crippen LogP contribution in [0.25, 0.3) is 10.8 Å². The highest BCUT2D eigenvalue weighted by Crippen LogP contribution is 2.24. The maximum Gasteiger partial charge on any atom is 0.193 e. The highest BCUT2D eigenvalue weighted by Gasteiger charge is 2.13. The van der Waals surface area contributed by atoms with E-state index >= 15 is 0 Å². The third kappa shape index (κ3) is 2.40. The molecule has 0 aromatic heterocycles. The van der Waals surface area contributed by atoms with Crippen LogP contribution in [-0.4, -0.2) is 12.9 Å². The van der Waals surface area contributed by atoms with Gasteiger partial charge in [0.25, 0.3) is 0 Å². The zero-order valence-electron chi connectivity index (χ0n) is 12.1. The van der Waals surface area contributed by atoms with Gasteiger partial charge >= 0.3 is 0 Å². The number of ether oxygens (including phenoxy) is 1. The van der Waals surface area contributed by atoms with Crippen molar-refractivity contribution in [1.82, 2.24) is 0 Å². The number of hydrogen-bond donors (Lipinski definition) is 0. The molecule has 2 nitrogen and oxygen atoms in total. The number of carbonyl (C=O) groups is 1. The van der Waals surface area contributed by atoms with Crippen molar-refractivity contribution in [2.75, 3.05) is 7.11 Å². The number of methoxy groups -OCH3 is 1. The first-order valence-electron chi connectivity index (χ1n) is 6.88. The predicted molar refractivity (Wildman–Crippen MR) is 85.1 cm³/mol. The lowest BCUT2D eigenvalue weighted by atomic mass is 9.96. The number of aryl methyl sites for hydroxylation is 1. The molecule has 0 amide bonds. The van der Waals surface area contributed by atoms with Crippen LogP contribution < -0.4 is 4.74 Å². The summed E-state index contributed by atoms with van der Waals surface area (Å²) in [6, 6.07) is 19.3. The average molecular weight is 276 g/mol. The van der Waals surface area contributed by atoms with Crippen LogP contribution in [0.15, 0.2) is 60.7 Å². The zero-order chi connectivity index (χ0) is 14.8. The fourth-order valence-corrected chi connectivity index (χ4v) is 2.60. The molecule has 0 radical (unpaired) electrons. The van der Waals surface area contributed by atoms with Crippen molar-refractivity contribution in [1.29, 1.82) is 0 Å². The van der Waals surface area contributed by atoms with E-state index in [1.165, 1.54) is 0 Å². The first-order valence-corrected chi connectivity index (χ1v) is 6.88. The zero-order valence-corrected chi connectivity index (χ0v) is 12.1. The second-order valence-corrected chi connectivity index (χ2v) is 5.04. The molecule has 3 rings (SSSR count). The van der Waals surface area contributed by atoms with Gasteiger partial charge in [-0.05, 0) is 41.5 Å². The highest BCUT2D eigenvalue weighted by atomic mass is 16.5. The van der Waals surface area contributed by atoms with E-state index in [1.807, 2.05) is 67.6 Å². The monoisotopic (exact) mass is 276 g/mol. The van der Waals surface area contributed by atoms with Crippen LogP contribution in [-0.2, 0) is 0 Å². The molecule has 0 fully saturated rings. The van der Waals surface area contributed by atoms with Crippen molar-refractivity contribution >= 4 is 16.6 Å². The topological polar surface area (TPSA) is 26.3 Å². The summed E-state index contributed by atoms with van der Waals surface area (Å²) < 4.78 is 5.24. The summed E-state index contributed by atoms with van der Waals surface area (Å²) in [6.45, 7) is 1.94. The molecule has 3 aromatic carbocycles. The van der Waals surface area contributed by atoms with Gasteiger partial charge in [0.05, 0.1) is 7.11 Å². The fourth-order valence-electron chi connectivity index (χ4n) is 2.60. The lowest BCUT2D eigenvalue weighted by Crippen LogP contribution is -2.03. The largest absolute Gasteiger partial charge is 0.496 e. The second kappa shape index (κ2) is 5.41. The molecule has 2 heteroatoms. The molecular weight excluding hydrogens is 260 g/mol. The number of hydrogen-bond acceptors (Lipinski definition) is 2. The normalized spacial score (nSPS) is 10.6. The molecule has 21 heavy (non-hydrogen) atoms. The van der Waals surface area contributed by atoms with Gasteiger partial charge in [0.2, 0.25) is 0 Å². The second-order valence-electron chi connectivity index (χ2n) is 5.04. The molecule has 0 saturated heterocycles. The number of benzene rings is 3. The van der Waals surface area contributed by atoms with E-state index < -0.39 is 0 Å². The first-order chi connectivity index (χ1) is 10.2. The summed E-state index contributed by atoms with van der Waals surface area (Å²) in [4.78, 5) is 12.8. The maximum atomic E-state index is 12.8. The van der Waals surface area contributed by atoms with Crippen molar-refractivity contribution in [2.45, 2.75) is 6.92 Å². The van der Waals surface area contributed by atoms with E-state index in [0.717, 1.165) is 27.6 Å². The number of fused-ring (bicyclic) bond motifs is 1. The molecular formula is C19H16O2. The third-order valence-electron chi connectivity index (χ3n) is 3.69. The molecule has 0 heterocycles. The van der Waals surface area contributed by atoms with Crippen molar-refractivity contribution in [3.8, 4) is 5.75 Å². The quantitative estimate of drug-likeness (QED) is 0.663. The first kappa shape index (κ1) is 13.4. The summed E-state index contributed by atoms with van der Waals surface area (Å²) in [7, 11) is 1.63. The van der Waals surface area contributed by atoms with Crippen molar-refractivity contribution in [3.63, 3.8) is 0 Å². The Bertz CT molecular complexity index is 813. The number of ketones is 1. The average Bonchev–Trinajstić information content (AvgIpc) is 2.53. The van der Waals surface area contributed by atoms with E-state index in [2.05, 4.69) is 0 Å². The summed E-state index contributed by atoms with van der Waals surface area (Å²) in [5.41, 5.74) is 2.38. The van der Waals surface area contributed by atoms with Gasteiger partial charge in [0, 0.05) is 11.1 Å². The Kier molecular flexibility index (Phi) is 3.44. The lowest BCUT2D eigenvalue weighted by Gasteiger charge is -2.09.